The highest BCUT2D eigenvalue weighted by Gasteiger charge is 2.40. The summed E-state index contributed by atoms with van der Waals surface area (Å²) in [5.74, 6) is -1.41. The molecule has 0 heterocycles. The van der Waals surface area contributed by atoms with Gasteiger partial charge in [-0.3, -0.25) is 14.4 Å². The molecule has 1 aliphatic rings. The highest BCUT2D eigenvalue weighted by molar-refractivity contribution is 7.98. The summed E-state index contributed by atoms with van der Waals surface area (Å²) in [5.41, 5.74) is 0. The third kappa shape index (κ3) is 5.79. The van der Waals surface area contributed by atoms with Crippen molar-refractivity contribution in [2.75, 3.05) is 18.6 Å². The van der Waals surface area contributed by atoms with Crippen LogP contribution in [-0.4, -0.2) is 48.1 Å². The van der Waals surface area contributed by atoms with E-state index in [-0.39, 0.29) is 25.0 Å². The van der Waals surface area contributed by atoms with E-state index < -0.39 is 29.7 Å². The van der Waals surface area contributed by atoms with Crippen LogP contribution in [0.2, 0.25) is 0 Å². The van der Waals surface area contributed by atoms with Crippen LogP contribution in [-0.2, 0) is 19.1 Å². The number of ketones is 3. The molecule has 0 unspecified atom stereocenters. The Labute approximate surface area is 134 Å². The quantitative estimate of drug-likeness (QED) is 0.539. The molecule has 7 heteroatoms. The van der Waals surface area contributed by atoms with E-state index in [4.69, 9.17) is 4.74 Å². The van der Waals surface area contributed by atoms with E-state index in [1.54, 1.807) is 11.8 Å². The molecule has 1 fully saturated rings. The first-order chi connectivity index (χ1) is 10.5. The highest BCUT2D eigenvalue weighted by atomic mass is 32.2. The van der Waals surface area contributed by atoms with Crippen LogP contribution >= 0.6 is 11.8 Å². The Morgan fingerprint density at radius 3 is 2.45 bits per heavy atom. The van der Waals surface area contributed by atoms with E-state index >= 15 is 0 Å². The van der Waals surface area contributed by atoms with Crippen molar-refractivity contribution >= 4 is 35.2 Å². The number of carbonyl (C=O) groups excluding carboxylic acids is 4. The maximum atomic E-state index is 12.0. The second-order valence-corrected chi connectivity index (χ2v) is 6.28. The van der Waals surface area contributed by atoms with Gasteiger partial charge in [0.25, 0.3) is 0 Å². The minimum absolute atomic E-state index is 0.0654. The normalized spacial score (nSPS) is 21.5. The standard InChI is InChI=1S/C15H23NO5S/c1-3-5-11(17)14-12(18)8-10(9-13(14)19)21-15(20)16-6-4-7-22-2/h10,14H,3-9H2,1-2H3,(H,16,20). The minimum atomic E-state index is -1.15. The zero-order valence-electron chi connectivity index (χ0n) is 13.1. The average Bonchev–Trinajstić information content (AvgIpc) is 2.43. The van der Waals surface area contributed by atoms with Gasteiger partial charge in [0.2, 0.25) is 0 Å². The summed E-state index contributed by atoms with van der Waals surface area (Å²) < 4.78 is 5.09. The molecule has 124 valence electrons. The number of alkyl carbamates (subject to hydrolysis) is 1. The van der Waals surface area contributed by atoms with E-state index in [0.717, 1.165) is 12.2 Å². The number of carbonyl (C=O) groups is 4. The maximum Gasteiger partial charge on any atom is 0.407 e. The van der Waals surface area contributed by atoms with Crippen LogP contribution in [0.1, 0.15) is 39.0 Å². The zero-order valence-corrected chi connectivity index (χ0v) is 13.9. The van der Waals surface area contributed by atoms with Gasteiger partial charge in [-0.05, 0) is 24.9 Å². The number of rotatable bonds is 8. The molecule has 0 saturated heterocycles. The molecular formula is C15H23NO5S. The minimum Gasteiger partial charge on any atom is -0.445 e. The number of ether oxygens (including phenoxy) is 1. The fraction of sp³-hybridized carbons (Fsp3) is 0.733. The van der Waals surface area contributed by atoms with Gasteiger partial charge in [-0.15, -0.1) is 0 Å². The summed E-state index contributed by atoms with van der Waals surface area (Å²) >= 11 is 1.68. The molecule has 0 aromatic heterocycles. The third-order valence-electron chi connectivity index (χ3n) is 3.39. The van der Waals surface area contributed by atoms with E-state index in [1.165, 1.54) is 0 Å². The van der Waals surface area contributed by atoms with Gasteiger partial charge in [-0.2, -0.15) is 11.8 Å². The Balaban J connectivity index is 2.43. The van der Waals surface area contributed by atoms with Gasteiger partial charge in [0, 0.05) is 25.8 Å². The van der Waals surface area contributed by atoms with E-state index in [9.17, 15) is 19.2 Å². The van der Waals surface area contributed by atoms with Crippen molar-refractivity contribution < 1.29 is 23.9 Å². The lowest BCUT2D eigenvalue weighted by Gasteiger charge is -2.25. The number of amides is 1. The molecule has 0 aliphatic heterocycles. The predicted molar refractivity (Wildman–Crippen MR) is 83.9 cm³/mol. The molecule has 1 saturated carbocycles. The van der Waals surface area contributed by atoms with Gasteiger partial charge >= 0.3 is 6.09 Å². The molecule has 1 aliphatic carbocycles. The van der Waals surface area contributed by atoms with Gasteiger partial charge in [-0.25, -0.2) is 4.79 Å². The average molecular weight is 329 g/mol. The lowest BCUT2D eigenvalue weighted by molar-refractivity contribution is -0.145. The molecule has 1 amide bonds. The number of thioether (sulfide) groups is 1. The van der Waals surface area contributed by atoms with Crippen LogP contribution in [0.4, 0.5) is 4.79 Å². The Kier molecular flexibility index (Phi) is 8.16. The molecule has 22 heavy (non-hydrogen) atoms. The molecule has 0 atom stereocenters. The molecular weight excluding hydrogens is 306 g/mol. The van der Waals surface area contributed by atoms with Gasteiger partial charge in [0.05, 0.1) is 0 Å². The molecule has 1 N–H and O–H groups in total. The Hall–Kier alpha value is -1.37. The molecule has 6 nitrogen and oxygen atoms in total. The number of hydrogen-bond acceptors (Lipinski definition) is 6. The monoisotopic (exact) mass is 329 g/mol. The van der Waals surface area contributed by atoms with Crippen LogP contribution in [0.3, 0.4) is 0 Å². The first-order valence-corrected chi connectivity index (χ1v) is 8.90. The Morgan fingerprint density at radius 2 is 1.91 bits per heavy atom. The van der Waals surface area contributed by atoms with Gasteiger partial charge in [0.1, 0.15) is 12.0 Å². The summed E-state index contributed by atoms with van der Waals surface area (Å²) in [4.78, 5) is 47.3. The van der Waals surface area contributed by atoms with Gasteiger partial charge in [-0.1, -0.05) is 6.92 Å². The van der Waals surface area contributed by atoms with Crippen molar-refractivity contribution in [3.05, 3.63) is 0 Å². The summed E-state index contributed by atoms with van der Waals surface area (Å²) in [7, 11) is 0. The number of Topliss-reactive ketones (excluding diaryl/α,β-unsaturated/α-hetero) is 3. The van der Waals surface area contributed by atoms with Crippen molar-refractivity contribution in [1.29, 1.82) is 0 Å². The van der Waals surface area contributed by atoms with Crippen molar-refractivity contribution in [3.8, 4) is 0 Å². The van der Waals surface area contributed by atoms with Crippen LogP contribution < -0.4 is 5.32 Å². The predicted octanol–water partition coefficient (Wildman–Crippen LogP) is 1.75. The SMILES string of the molecule is CCCC(=O)C1C(=O)CC(OC(=O)NCCCSC)CC1=O. The molecule has 0 spiro atoms. The van der Waals surface area contributed by atoms with Crippen molar-refractivity contribution in [1.82, 2.24) is 5.32 Å². The Morgan fingerprint density at radius 1 is 1.27 bits per heavy atom. The Bertz CT molecular complexity index is 420. The van der Waals surface area contributed by atoms with Crippen molar-refractivity contribution in [2.45, 2.75) is 45.1 Å². The van der Waals surface area contributed by atoms with Crippen LogP contribution in [0.15, 0.2) is 0 Å². The molecule has 0 radical (unpaired) electrons. The second-order valence-electron chi connectivity index (χ2n) is 5.29. The second kappa shape index (κ2) is 9.61. The van der Waals surface area contributed by atoms with Crippen molar-refractivity contribution in [3.63, 3.8) is 0 Å². The number of nitrogens with one attached hydrogen (secondary N) is 1. The molecule has 0 aromatic rings. The van der Waals surface area contributed by atoms with E-state index in [2.05, 4.69) is 5.32 Å². The topological polar surface area (TPSA) is 89.5 Å². The lowest BCUT2D eigenvalue weighted by Crippen LogP contribution is -2.43. The van der Waals surface area contributed by atoms with Crippen molar-refractivity contribution in [2.24, 2.45) is 5.92 Å². The molecule has 1 rings (SSSR count). The summed E-state index contributed by atoms with van der Waals surface area (Å²) in [6.07, 6.45) is 2.13. The summed E-state index contributed by atoms with van der Waals surface area (Å²) in [5, 5.41) is 2.58. The van der Waals surface area contributed by atoms with Gasteiger partial charge < -0.3 is 10.1 Å². The molecule has 0 aromatic carbocycles. The summed E-state index contributed by atoms with van der Waals surface area (Å²) in [6, 6.07) is 0. The zero-order chi connectivity index (χ0) is 16.5. The smallest absolute Gasteiger partial charge is 0.407 e. The van der Waals surface area contributed by atoms with Gasteiger partial charge in [0.15, 0.2) is 17.3 Å². The first kappa shape index (κ1) is 18.7. The van der Waals surface area contributed by atoms with Crippen LogP contribution in [0, 0.1) is 5.92 Å². The lowest BCUT2D eigenvalue weighted by atomic mass is 9.81. The van der Waals surface area contributed by atoms with E-state index in [1.807, 2.05) is 13.2 Å². The fourth-order valence-corrected chi connectivity index (χ4v) is 2.80. The fourth-order valence-electron chi connectivity index (χ4n) is 2.37. The van der Waals surface area contributed by atoms with E-state index in [0.29, 0.717) is 13.0 Å². The first-order valence-electron chi connectivity index (χ1n) is 7.51. The molecule has 0 bridgehead atoms. The number of hydrogen-bond donors (Lipinski definition) is 1. The summed E-state index contributed by atoms with van der Waals surface area (Å²) in [6.45, 7) is 2.31. The third-order valence-corrected chi connectivity index (χ3v) is 4.09. The van der Waals surface area contributed by atoms with Crippen LogP contribution in [0.25, 0.3) is 0 Å². The maximum absolute atomic E-state index is 12.0. The highest BCUT2D eigenvalue weighted by Crippen LogP contribution is 2.22. The largest absolute Gasteiger partial charge is 0.445 e. The van der Waals surface area contributed by atoms with Crippen LogP contribution in [0.5, 0.6) is 0 Å².